The van der Waals surface area contributed by atoms with Crippen molar-refractivity contribution >= 4 is 11.0 Å². The molecule has 1 N–H and O–H groups in total. The highest BCUT2D eigenvalue weighted by Crippen LogP contribution is 2.23. The normalized spacial score (nSPS) is 14.9. The highest BCUT2D eigenvalue weighted by atomic mass is 32.2. The molecular formula is C16H23N3OS. The van der Waals surface area contributed by atoms with Crippen LogP contribution < -0.4 is 4.72 Å². The van der Waals surface area contributed by atoms with Gasteiger partial charge in [0.2, 0.25) is 0 Å². The van der Waals surface area contributed by atoms with Crippen LogP contribution in [-0.4, -0.2) is 18.7 Å². The van der Waals surface area contributed by atoms with Crippen LogP contribution in [-0.2, 0) is 18.0 Å². The average molecular weight is 305 g/mol. The molecule has 0 aliphatic rings. The number of aryl methyl sites for hydroxylation is 1. The van der Waals surface area contributed by atoms with Gasteiger partial charge in [0.15, 0.2) is 0 Å². The number of rotatable bonds is 4. The molecule has 21 heavy (non-hydrogen) atoms. The van der Waals surface area contributed by atoms with Gasteiger partial charge in [-0.2, -0.15) is 5.10 Å². The molecule has 114 valence electrons. The van der Waals surface area contributed by atoms with Crippen LogP contribution in [0.5, 0.6) is 0 Å². The van der Waals surface area contributed by atoms with Crippen LogP contribution >= 0.6 is 0 Å². The number of nitrogens with zero attached hydrogens (tertiary/aromatic N) is 2. The zero-order valence-corrected chi connectivity index (χ0v) is 14.1. The molecule has 2 atom stereocenters. The third-order valence-corrected chi connectivity index (χ3v) is 4.93. The highest BCUT2D eigenvalue weighted by Gasteiger charge is 2.23. The smallest absolute Gasteiger partial charge is 0.0976 e. The van der Waals surface area contributed by atoms with Crippen LogP contribution in [0.1, 0.15) is 39.4 Å². The van der Waals surface area contributed by atoms with E-state index < -0.39 is 11.0 Å². The molecule has 0 saturated heterocycles. The summed E-state index contributed by atoms with van der Waals surface area (Å²) in [4.78, 5) is 0. The molecule has 1 aromatic carbocycles. The van der Waals surface area contributed by atoms with Crippen LogP contribution in [0, 0.1) is 0 Å². The van der Waals surface area contributed by atoms with Gasteiger partial charge in [0.25, 0.3) is 0 Å². The first-order chi connectivity index (χ1) is 9.79. The minimum atomic E-state index is -1.11. The van der Waals surface area contributed by atoms with Crippen molar-refractivity contribution in [2.24, 2.45) is 7.05 Å². The van der Waals surface area contributed by atoms with E-state index in [0.29, 0.717) is 0 Å². The summed E-state index contributed by atoms with van der Waals surface area (Å²) in [6.07, 6.45) is 0. The summed E-state index contributed by atoms with van der Waals surface area (Å²) in [7, 11) is 0.821. The lowest BCUT2D eigenvalue weighted by atomic mass is 10.1. The van der Waals surface area contributed by atoms with E-state index in [2.05, 4.69) is 22.0 Å². The van der Waals surface area contributed by atoms with Crippen LogP contribution in [0.15, 0.2) is 36.4 Å². The zero-order valence-electron chi connectivity index (χ0n) is 13.3. The lowest BCUT2D eigenvalue weighted by Gasteiger charge is -2.20. The SMILES string of the molecule is CC(NS(=O)C(C)(C)C)c1cc(-c2ccccc2)n(C)n1. The highest BCUT2D eigenvalue weighted by molar-refractivity contribution is 7.84. The van der Waals surface area contributed by atoms with Crippen molar-refractivity contribution in [1.82, 2.24) is 14.5 Å². The van der Waals surface area contributed by atoms with E-state index in [1.54, 1.807) is 0 Å². The predicted octanol–water partition coefficient (Wildman–Crippen LogP) is 3.20. The van der Waals surface area contributed by atoms with Crippen molar-refractivity contribution in [3.05, 3.63) is 42.1 Å². The van der Waals surface area contributed by atoms with Gasteiger partial charge in [-0.05, 0) is 39.3 Å². The Kier molecular flexibility index (Phi) is 4.64. The van der Waals surface area contributed by atoms with Crippen molar-refractivity contribution < 1.29 is 4.21 Å². The molecule has 4 nitrogen and oxygen atoms in total. The summed E-state index contributed by atoms with van der Waals surface area (Å²) >= 11 is 0. The van der Waals surface area contributed by atoms with E-state index >= 15 is 0 Å². The molecule has 0 fully saturated rings. The van der Waals surface area contributed by atoms with Crippen molar-refractivity contribution in [3.8, 4) is 11.3 Å². The Hall–Kier alpha value is -1.46. The van der Waals surface area contributed by atoms with E-state index in [4.69, 9.17) is 0 Å². The number of hydrogen-bond acceptors (Lipinski definition) is 2. The monoisotopic (exact) mass is 305 g/mol. The molecule has 0 aliphatic heterocycles. The first-order valence-corrected chi connectivity index (χ1v) is 8.21. The Bertz CT molecular complexity index is 629. The molecule has 5 heteroatoms. The molecule has 1 heterocycles. The van der Waals surface area contributed by atoms with Gasteiger partial charge in [0, 0.05) is 7.05 Å². The zero-order chi connectivity index (χ0) is 15.6. The Morgan fingerprint density at radius 1 is 1.24 bits per heavy atom. The third kappa shape index (κ3) is 3.80. The van der Waals surface area contributed by atoms with E-state index in [0.717, 1.165) is 17.0 Å². The van der Waals surface area contributed by atoms with Crippen molar-refractivity contribution in [1.29, 1.82) is 0 Å². The van der Waals surface area contributed by atoms with Gasteiger partial charge in [-0.3, -0.25) is 4.68 Å². The predicted molar refractivity (Wildman–Crippen MR) is 88.1 cm³/mol. The minimum Gasteiger partial charge on any atom is -0.268 e. The summed E-state index contributed by atoms with van der Waals surface area (Å²) < 4.78 is 16.9. The Balaban J connectivity index is 2.21. The second-order valence-corrected chi connectivity index (χ2v) is 8.16. The molecular weight excluding hydrogens is 282 g/mol. The van der Waals surface area contributed by atoms with Gasteiger partial charge in [-0.1, -0.05) is 30.3 Å². The summed E-state index contributed by atoms with van der Waals surface area (Å²) in [6, 6.07) is 12.1. The maximum absolute atomic E-state index is 12.2. The van der Waals surface area contributed by atoms with Gasteiger partial charge in [-0.25, -0.2) is 8.93 Å². The Morgan fingerprint density at radius 2 is 1.86 bits per heavy atom. The molecule has 0 bridgehead atoms. The van der Waals surface area contributed by atoms with E-state index in [1.807, 2.05) is 63.7 Å². The van der Waals surface area contributed by atoms with Gasteiger partial charge in [0.1, 0.15) is 0 Å². The fourth-order valence-electron chi connectivity index (χ4n) is 1.98. The molecule has 2 aromatic rings. The van der Waals surface area contributed by atoms with Gasteiger partial charge in [-0.15, -0.1) is 0 Å². The van der Waals surface area contributed by atoms with Gasteiger partial charge < -0.3 is 0 Å². The molecule has 0 radical (unpaired) electrons. The molecule has 2 unspecified atom stereocenters. The molecule has 0 aliphatic carbocycles. The van der Waals surface area contributed by atoms with E-state index in [1.165, 1.54) is 0 Å². The van der Waals surface area contributed by atoms with Crippen LogP contribution in [0.3, 0.4) is 0 Å². The van der Waals surface area contributed by atoms with Gasteiger partial charge in [0.05, 0.1) is 33.2 Å². The number of benzene rings is 1. The van der Waals surface area contributed by atoms with E-state index in [-0.39, 0.29) is 10.8 Å². The van der Waals surface area contributed by atoms with Gasteiger partial charge >= 0.3 is 0 Å². The van der Waals surface area contributed by atoms with Crippen molar-refractivity contribution in [2.75, 3.05) is 0 Å². The number of nitrogens with one attached hydrogen (secondary N) is 1. The van der Waals surface area contributed by atoms with Crippen LogP contribution in [0.25, 0.3) is 11.3 Å². The van der Waals surface area contributed by atoms with Crippen LogP contribution in [0.4, 0.5) is 0 Å². The molecule has 0 spiro atoms. The fourth-order valence-corrected chi connectivity index (χ4v) is 2.77. The summed E-state index contributed by atoms with van der Waals surface area (Å²) in [5.74, 6) is 0. The number of aromatic nitrogens is 2. The summed E-state index contributed by atoms with van der Waals surface area (Å²) in [5.41, 5.74) is 3.08. The molecule has 2 rings (SSSR count). The Labute approximate surface area is 129 Å². The summed E-state index contributed by atoms with van der Waals surface area (Å²) in [6.45, 7) is 7.85. The number of hydrogen-bond donors (Lipinski definition) is 1. The van der Waals surface area contributed by atoms with E-state index in [9.17, 15) is 4.21 Å². The first kappa shape index (κ1) is 15.9. The quantitative estimate of drug-likeness (QED) is 0.943. The van der Waals surface area contributed by atoms with Crippen molar-refractivity contribution in [3.63, 3.8) is 0 Å². The largest absolute Gasteiger partial charge is 0.268 e. The Morgan fingerprint density at radius 3 is 2.43 bits per heavy atom. The first-order valence-electron chi connectivity index (χ1n) is 7.06. The standard InChI is InChI=1S/C16H23N3OS/c1-12(18-21(20)16(2,3)4)14-11-15(19(5)17-14)13-9-7-6-8-10-13/h6-12,18H,1-5H3. The maximum Gasteiger partial charge on any atom is 0.0976 e. The fraction of sp³-hybridized carbons (Fsp3) is 0.438. The average Bonchev–Trinajstić information content (AvgIpc) is 2.81. The maximum atomic E-state index is 12.2. The molecule has 1 aromatic heterocycles. The third-order valence-electron chi connectivity index (χ3n) is 3.25. The molecule has 0 amide bonds. The minimum absolute atomic E-state index is 0.0614. The second kappa shape index (κ2) is 6.12. The van der Waals surface area contributed by atoms with Crippen molar-refractivity contribution in [2.45, 2.75) is 38.5 Å². The van der Waals surface area contributed by atoms with Crippen LogP contribution in [0.2, 0.25) is 0 Å². The topological polar surface area (TPSA) is 46.9 Å². The lowest BCUT2D eigenvalue weighted by Crippen LogP contribution is -2.35. The second-order valence-electron chi connectivity index (χ2n) is 6.16. The molecule has 0 saturated carbocycles. The lowest BCUT2D eigenvalue weighted by molar-refractivity contribution is 0.605. The summed E-state index contributed by atoms with van der Waals surface area (Å²) in [5, 5.41) is 4.54.